The van der Waals surface area contributed by atoms with E-state index >= 15 is 0 Å². The summed E-state index contributed by atoms with van der Waals surface area (Å²) >= 11 is 0. The van der Waals surface area contributed by atoms with Crippen LogP contribution in [0.5, 0.6) is 11.5 Å². The number of methoxy groups -OCH3 is 1. The van der Waals surface area contributed by atoms with Crippen molar-refractivity contribution in [3.05, 3.63) is 53.6 Å². The number of halogens is 2. The van der Waals surface area contributed by atoms with Crippen molar-refractivity contribution in [2.24, 2.45) is 5.16 Å². The Balaban J connectivity index is 1.93. The van der Waals surface area contributed by atoms with Gasteiger partial charge < -0.3 is 19.6 Å². The number of nitrogens with one attached hydrogen (secondary N) is 1. The van der Waals surface area contributed by atoms with Crippen LogP contribution in [0.15, 0.2) is 47.6 Å². The van der Waals surface area contributed by atoms with Gasteiger partial charge in [-0.1, -0.05) is 38.1 Å². The molecule has 0 heterocycles. The van der Waals surface area contributed by atoms with Crippen LogP contribution in [-0.2, 0) is 15.0 Å². The van der Waals surface area contributed by atoms with Crippen LogP contribution in [0.2, 0.25) is 0 Å². The molecule has 0 aliphatic carbocycles. The lowest BCUT2D eigenvalue weighted by atomic mass is 9.87. The number of carbonyl (C=O) groups excluding carboxylic acids is 1. The topological polar surface area (TPSA) is 69.2 Å². The number of oxime groups is 1. The number of alkyl halides is 2. The average Bonchev–Trinajstić information content (AvgIpc) is 2.68. The molecule has 0 saturated carbocycles. The van der Waals surface area contributed by atoms with Crippen molar-refractivity contribution in [1.82, 2.24) is 0 Å². The molecule has 8 heteroatoms. The summed E-state index contributed by atoms with van der Waals surface area (Å²) in [6, 6.07) is 11.9. The lowest BCUT2D eigenvalue weighted by Crippen LogP contribution is -2.26. The van der Waals surface area contributed by atoms with E-state index in [0.29, 0.717) is 11.3 Å². The Bertz CT molecular complexity index is 878. The highest BCUT2D eigenvalue weighted by Crippen LogP contribution is 2.29. The van der Waals surface area contributed by atoms with Gasteiger partial charge in [0.2, 0.25) is 6.10 Å². The predicted octanol–water partition coefficient (Wildman–Crippen LogP) is 4.97. The van der Waals surface area contributed by atoms with Gasteiger partial charge in [0.15, 0.2) is 11.5 Å². The van der Waals surface area contributed by atoms with Crippen LogP contribution in [-0.4, -0.2) is 31.9 Å². The first-order chi connectivity index (χ1) is 14.1. The van der Waals surface area contributed by atoms with Crippen LogP contribution in [0, 0.1) is 0 Å². The van der Waals surface area contributed by atoms with E-state index in [4.69, 9.17) is 9.57 Å². The molecule has 0 aromatic heterocycles. The van der Waals surface area contributed by atoms with E-state index in [9.17, 15) is 13.6 Å². The molecule has 1 amide bonds. The summed E-state index contributed by atoms with van der Waals surface area (Å²) in [5.41, 5.74) is 2.38. The number of ether oxygens (including phenoxy) is 2. The number of amides is 1. The van der Waals surface area contributed by atoms with Crippen LogP contribution < -0.4 is 14.8 Å². The monoisotopic (exact) mass is 420 g/mol. The summed E-state index contributed by atoms with van der Waals surface area (Å²) in [5, 5.41) is 6.55. The molecule has 0 saturated heterocycles. The molecule has 2 rings (SSSR count). The highest BCUT2D eigenvalue weighted by atomic mass is 19.3. The Morgan fingerprint density at radius 3 is 2.33 bits per heavy atom. The van der Waals surface area contributed by atoms with Crippen molar-refractivity contribution in [1.29, 1.82) is 0 Å². The minimum Gasteiger partial charge on any atom is -0.493 e. The zero-order chi connectivity index (χ0) is 22.3. The molecular formula is C22H26F2N2O4. The third-order valence-electron chi connectivity index (χ3n) is 4.21. The normalized spacial score (nSPS) is 12.7. The molecule has 0 fully saturated rings. The second kappa shape index (κ2) is 10.0. The molecule has 1 atom stereocenters. The first-order valence-electron chi connectivity index (χ1n) is 9.33. The van der Waals surface area contributed by atoms with Gasteiger partial charge in [-0.15, -0.1) is 0 Å². The van der Waals surface area contributed by atoms with Gasteiger partial charge >= 0.3 is 6.61 Å². The summed E-state index contributed by atoms with van der Waals surface area (Å²) < 4.78 is 34.1. The second-order valence-corrected chi connectivity index (χ2v) is 7.59. The molecule has 6 nitrogen and oxygen atoms in total. The van der Waals surface area contributed by atoms with E-state index in [0.717, 1.165) is 5.56 Å². The molecule has 1 unspecified atom stereocenters. The van der Waals surface area contributed by atoms with Crippen LogP contribution in [0.1, 0.15) is 38.8 Å². The zero-order valence-corrected chi connectivity index (χ0v) is 17.6. The third kappa shape index (κ3) is 6.72. The summed E-state index contributed by atoms with van der Waals surface area (Å²) in [6.07, 6.45) is 0.503. The highest BCUT2D eigenvalue weighted by Gasteiger charge is 2.16. The molecule has 0 bridgehead atoms. The Morgan fingerprint density at radius 1 is 1.10 bits per heavy atom. The molecule has 1 N–H and O–H groups in total. The Labute approximate surface area is 174 Å². The van der Waals surface area contributed by atoms with Gasteiger partial charge in [0.05, 0.1) is 13.3 Å². The van der Waals surface area contributed by atoms with Gasteiger partial charge in [0.1, 0.15) is 0 Å². The maximum Gasteiger partial charge on any atom is 0.387 e. The molecule has 30 heavy (non-hydrogen) atoms. The number of hydrogen-bond acceptors (Lipinski definition) is 5. The maximum atomic E-state index is 12.4. The maximum absolute atomic E-state index is 12.4. The van der Waals surface area contributed by atoms with Crippen molar-refractivity contribution in [3.63, 3.8) is 0 Å². The van der Waals surface area contributed by atoms with Gasteiger partial charge in [0.25, 0.3) is 5.91 Å². The summed E-state index contributed by atoms with van der Waals surface area (Å²) in [5.74, 6) is -0.312. The fraction of sp³-hybridized carbons (Fsp3) is 0.364. The quantitative estimate of drug-likeness (QED) is 0.484. The van der Waals surface area contributed by atoms with Crippen LogP contribution in [0.4, 0.5) is 14.5 Å². The Morgan fingerprint density at radius 2 is 1.77 bits per heavy atom. The zero-order valence-electron chi connectivity index (χ0n) is 17.6. The first-order valence-corrected chi connectivity index (χ1v) is 9.33. The van der Waals surface area contributed by atoms with Crippen molar-refractivity contribution in [3.8, 4) is 11.5 Å². The van der Waals surface area contributed by atoms with E-state index in [-0.39, 0.29) is 22.8 Å². The van der Waals surface area contributed by atoms with Crippen LogP contribution in [0.25, 0.3) is 0 Å². The standard InChI is InChI=1S/C22H26F2N2O4/c1-14(20(27)26-17-9-7-16(8-10-17)22(2,3)4)30-25-13-15-6-11-18(29-21(23)24)19(12-15)28-5/h6-14,21H,1-5H3,(H,26,27)/b25-13+. The van der Waals surface area contributed by atoms with Crippen LogP contribution in [0.3, 0.4) is 0 Å². The van der Waals surface area contributed by atoms with Crippen molar-refractivity contribution in [2.75, 3.05) is 12.4 Å². The number of benzene rings is 2. The molecule has 0 aliphatic heterocycles. The number of carbonyl (C=O) groups is 1. The predicted molar refractivity (Wildman–Crippen MR) is 112 cm³/mol. The fourth-order valence-corrected chi connectivity index (χ4v) is 2.49. The van der Waals surface area contributed by atoms with Crippen molar-refractivity contribution >= 4 is 17.8 Å². The number of anilines is 1. The smallest absolute Gasteiger partial charge is 0.387 e. The molecule has 2 aromatic rings. The number of hydrogen-bond donors (Lipinski definition) is 1. The summed E-state index contributed by atoms with van der Waals surface area (Å²) in [6.45, 7) is 4.96. The van der Waals surface area contributed by atoms with E-state index in [2.05, 4.69) is 36.0 Å². The minimum atomic E-state index is -2.95. The van der Waals surface area contributed by atoms with Gasteiger partial charge in [0, 0.05) is 11.3 Å². The second-order valence-electron chi connectivity index (χ2n) is 7.59. The molecular weight excluding hydrogens is 394 g/mol. The molecule has 162 valence electrons. The largest absolute Gasteiger partial charge is 0.493 e. The van der Waals surface area contributed by atoms with Crippen molar-refractivity contribution in [2.45, 2.75) is 45.8 Å². The Hall–Kier alpha value is -3.16. The van der Waals surface area contributed by atoms with E-state index < -0.39 is 12.7 Å². The van der Waals surface area contributed by atoms with Crippen LogP contribution >= 0.6 is 0 Å². The summed E-state index contributed by atoms with van der Waals surface area (Å²) in [7, 11) is 1.34. The summed E-state index contributed by atoms with van der Waals surface area (Å²) in [4.78, 5) is 17.5. The number of rotatable bonds is 8. The van der Waals surface area contributed by atoms with E-state index in [1.807, 2.05) is 24.3 Å². The van der Waals surface area contributed by atoms with Crippen molar-refractivity contribution < 1.29 is 27.9 Å². The lowest BCUT2D eigenvalue weighted by Gasteiger charge is -2.19. The first kappa shape index (κ1) is 23.1. The molecule has 0 aliphatic rings. The minimum absolute atomic E-state index is 0.0279. The fourth-order valence-electron chi connectivity index (χ4n) is 2.49. The average molecular weight is 420 g/mol. The lowest BCUT2D eigenvalue weighted by molar-refractivity contribution is -0.126. The van der Waals surface area contributed by atoms with Gasteiger partial charge in [-0.25, -0.2) is 0 Å². The molecule has 0 radical (unpaired) electrons. The van der Waals surface area contributed by atoms with Gasteiger partial charge in [-0.05, 0) is 48.2 Å². The Kier molecular flexibility index (Phi) is 7.74. The number of nitrogens with zero attached hydrogens (tertiary/aromatic N) is 1. The highest BCUT2D eigenvalue weighted by molar-refractivity contribution is 5.94. The van der Waals surface area contributed by atoms with E-state index in [1.54, 1.807) is 6.92 Å². The SMILES string of the molecule is COc1cc(/C=N/OC(C)C(=O)Nc2ccc(C(C)(C)C)cc2)ccc1OC(F)F. The molecule has 0 spiro atoms. The third-order valence-corrected chi connectivity index (χ3v) is 4.21. The van der Waals surface area contributed by atoms with Gasteiger partial charge in [-0.3, -0.25) is 4.79 Å². The molecule has 2 aromatic carbocycles. The van der Waals surface area contributed by atoms with E-state index in [1.165, 1.54) is 31.5 Å². The van der Waals surface area contributed by atoms with Gasteiger partial charge in [-0.2, -0.15) is 8.78 Å².